The number of nitrogens with zero attached hydrogens (tertiary/aromatic N) is 2. The molecule has 3 fully saturated rings. The lowest BCUT2D eigenvalue weighted by Crippen LogP contribution is -2.39. The molecule has 2 aliphatic heterocycles. The van der Waals surface area contributed by atoms with E-state index in [2.05, 4.69) is 15.4 Å². The number of carbonyl (C=O) groups is 1. The number of benzene rings is 1. The monoisotopic (exact) mass is 489 g/mol. The van der Waals surface area contributed by atoms with Crippen molar-refractivity contribution in [2.75, 3.05) is 26.2 Å². The Balaban J connectivity index is 0.00000274. The van der Waals surface area contributed by atoms with Crippen molar-refractivity contribution in [2.24, 2.45) is 5.92 Å². The van der Waals surface area contributed by atoms with Crippen molar-refractivity contribution < 1.29 is 14.1 Å². The predicted molar refractivity (Wildman–Crippen MR) is 136 cm³/mol. The van der Waals surface area contributed by atoms with Gasteiger partial charge in [0.1, 0.15) is 0 Å². The minimum Gasteiger partial charge on any atom is -0.378 e. The second-order valence-electron chi connectivity index (χ2n) is 10.2. The van der Waals surface area contributed by atoms with Crippen molar-refractivity contribution in [2.45, 2.75) is 89.7 Å². The number of hydrogen-bond acceptors (Lipinski definition) is 5. The molecule has 3 aliphatic rings. The van der Waals surface area contributed by atoms with Crippen LogP contribution < -0.4 is 5.32 Å². The van der Waals surface area contributed by atoms with Crippen LogP contribution in [0, 0.1) is 5.92 Å². The Morgan fingerprint density at radius 3 is 2.65 bits per heavy atom. The Hall–Kier alpha value is -1.63. The maximum Gasteiger partial charge on any atom is 0.222 e. The molecule has 188 valence electrons. The number of halogens is 1. The Kier molecular flexibility index (Phi) is 8.89. The van der Waals surface area contributed by atoms with E-state index in [9.17, 15) is 4.79 Å². The molecule has 1 atom stereocenters. The highest BCUT2D eigenvalue weighted by Gasteiger charge is 2.27. The lowest BCUT2D eigenvalue weighted by molar-refractivity contribution is -0.124. The third-order valence-corrected chi connectivity index (χ3v) is 8.17. The van der Waals surface area contributed by atoms with Gasteiger partial charge in [-0.05, 0) is 95.5 Å². The van der Waals surface area contributed by atoms with Gasteiger partial charge in [-0.25, -0.2) is 0 Å². The quantitative estimate of drug-likeness (QED) is 0.522. The zero-order valence-corrected chi connectivity index (χ0v) is 20.2. The van der Waals surface area contributed by atoms with E-state index in [1.165, 1.54) is 25.8 Å². The van der Waals surface area contributed by atoms with Gasteiger partial charge in [-0.3, -0.25) is 4.79 Å². The molecule has 0 bridgehead atoms. The first-order chi connectivity index (χ1) is 16.1. The summed E-state index contributed by atoms with van der Waals surface area (Å²) in [6.45, 7) is 4.25. The Bertz CT molecular complexity index is 926. The maximum absolute atomic E-state index is 12.3. The average molecular weight is 490 g/mol. The summed E-state index contributed by atoms with van der Waals surface area (Å²) in [5.74, 6) is 1.44. The van der Waals surface area contributed by atoms with Crippen molar-refractivity contribution in [3.63, 3.8) is 0 Å². The van der Waals surface area contributed by atoms with Crippen LogP contribution in [-0.4, -0.2) is 54.4 Å². The molecule has 1 N–H and O–H groups in total. The van der Waals surface area contributed by atoms with E-state index in [4.69, 9.17) is 20.9 Å². The van der Waals surface area contributed by atoms with Crippen LogP contribution in [0.5, 0.6) is 0 Å². The molecule has 1 amide bonds. The van der Waals surface area contributed by atoms with Gasteiger partial charge in [0, 0.05) is 35.0 Å². The predicted octanol–water partition coefficient (Wildman–Crippen LogP) is 5.93. The molecule has 2 saturated heterocycles. The lowest BCUT2D eigenvalue weighted by Gasteiger charge is -2.34. The highest BCUT2D eigenvalue weighted by Crippen LogP contribution is 2.34. The van der Waals surface area contributed by atoms with Crippen LogP contribution in [0.3, 0.4) is 0 Å². The number of nitrogens with one attached hydrogen (secondary N) is 1. The highest BCUT2D eigenvalue weighted by atomic mass is 35.5. The zero-order chi connectivity index (χ0) is 22.6. The number of hydrogen-bond donors (Lipinski definition) is 1. The Labute approximate surface area is 208 Å². The van der Waals surface area contributed by atoms with Crippen molar-refractivity contribution in [3.05, 3.63) is 28.9 Å². The molecule has 7 heteroatoms. The third-order valence-electron chi connectivity index (χ3n) is 7.94. The fourth-order valence-corrected chi connectivity index (χ4v) is 6.08. The molecule has 0 radical (unpaired) electrons. The summed E-state index contributed by atoms with van der Waals surface area (Å²) in [7, 11) is 0. The van der Waals surface area contributed by atoms with E-state index < -0.39 is 0 Å². The van der Waals surface area contributed by atoms with Crippen molar-refractivity contribution >= 4 is 28.5 Å². The highest BCUT2D eigenvalue weighted by molar-refractivity contribution is 6.31. The van der Waals surface area contributed by atoms with Gasteiger partial charge in [0.2, 0.25) is 5.91 Å². The summed E-state index contributed by atoms with van der Waals surface area (Å²) in [6, 6.07) is 6.17. The summed E-state index contributed by atoms with van der Waals surface area (Å²) in [5.41, 5.74) is 1.89. The van der Waals surface area contributed by atoms with Gasteiger partial charge in [0.05, 0.1) is 18.2 Å². The number of amides is 1. The number of likely N-dealkylation sites (tertiary alicyclic amines) is 1. The molecule has 0 unspecified atom stereocenters. The van der Waals surface area contributed by atoms with Crippen LogP contribution in [0.1, 0.15) is 83.2 Å². The van der Waals surface area contributed by atoms with Crippen LogP contribution in [-0.2, 0) is 9.53 Å². The van der Waals surface area contributed by atoms with Crippen molar-refractivity contribution in [1.82, 2.24) is 15.4 Å². The first-order valence-corrected chi connectivity index (χ1v) is 13.2. The molecule has 3 heterocycles. The molecule has 1 saturated carbocycles. The van der Waals surface area contributed by atoms with E-state index in [0.29, 0.717) is 23.4 Å². The smallest absolute Gasteiger partial charge is 0.222 e. The van der Waals surface area contributed by atoms with Gasteiger partial charge in [0.15, 0.2) is 5.58 Å². The summed E-state index contributed by atoms with van der Waals surface area (Å²) in [5, 5.41) is 9.43. The lowest BCUT2D eigenvalue weighted by atomic mass is 9.83. The van der Waals surface area contributed by atoms with Crippen LogP contribution in [0.15, 0.2) is 22.7 Å². The molecular formula is C27H40ClN3O3. The van der Waals surface area contributed by atoms with E-state index in [1.54, 1.807) is 0 Å². The Morgan fingerprint density at radius 2 is 1.91 bits per heavy atom. The molecule has 1 aliphatic carbocycles. The summed E-state index contributed by atoms with van der Waals surface area (Å²) >= 11 is 6.08. The second kappa shape index (κ2) is 11.9. The van der Waals surface area contributed by atoms with Crippen LogP contribution >= 0.6 is 11.6 Å². The SMILES string of the molecule is C.O=C(C[C@H]1CCCO1)NC1CCC(CCN2CCC(c3noc4cc(Cl)ccc34)CC2)CC1. The normalized spacial score (nSPS) is 26.4. The minimum atomic E-state index is 0. The summed E-state index contributed by atoms with van der Waals surface area (Å²) < 4.78 is 11.1. The van der Waals surface area contributed by atoms with Gasteiger partial charge in [-0.2, -0.15) is 0 Å². The van der Waals surface area contributed by atoms with Crippen LogP contribution in [0.25, 0.3) is 11.0 Å². The van der Waals surface area contributed by atoms with Gasteiger partial charge in [-0.1, -0.05) is 24.2 Å². The summed E-state index contributed by atoms with van der Waals surface area (Å²) in [4.78, 5) is 14.9. The number of ether oxygens (including phenoxy) is 1. The molecule has 1 aromatic heterocycles. The van der Waals surface area contributed by atoms with E-state index in [1.807, 2.05) is 18.2 Å². The van der Waals surface area contributed by atoms with Crippen LogP contribution in [0.4, 0.5) is 0 Å². The minimum absolute atomic E-state index is 0. The number of aromatic nitrogens is 1. The van der Waals surface area contributed by atoms with Crippen molar-refractivity contribution in [3.8, 4) is 0 Å². The number of fused-ring (bicyclic) bond motifs is 1. The molecule has 5 rings (SSSR count). The fraction of sp³-hybridized carbons (Fsp3) is 0.704. The molecule has 6 nitrogen and oxygen atoms in total. The molecule has 0 spiro atoms. The summed E-state index contributed by atoms with van der Waals surface area (Å²) in [6.07, 6.45) is 11.0. The third kappa shape index (κ3) is 6.32. The standard InChI is InChI=1S/C26H36ClN3O3.CH4/c27-20-5-8-23-24(16-20)33-29-26(23)19-10-13-30(14-11-19)12-9-18-3-6-21(7-4-18)28-25(31)17-22-2-1-15-32-22;/h5,8,16,18-19,21-22H,1-4,6-7,9-15,17H2,(H,28,31);1H4/t18?,21?,22-;/m1./s1. The first kappa shape index (κ1) is 25.5. The van der Waals surface area contributed by atoms with Crippen molar-refractivity contribution in [1.29, 1.82) is 0 Å². The molecular weight excluding hydrogens is 450 g/mol. The van der Waals surface area contributed by atoms with Crippen LogP contribution in [0.2, 0.25) is 5.02 Å². The van der Waals surface area contributed by atoms with E-state index in [-0.39, 0.29) is 19.4 Å². The topological polar surface area (TPSA) is 67.6 Å². The first-order valence-electron chi connectivity index (χ1n) is 12.8. The zero-order valence-electron chi connectivity index (χ0n) is 19.4. The second-order valence-corrected chi connectivity index (χ2v) is 10.7. The molecule has 1 aromatic carbocycles. The number of rotatable bonds is 7. The maximum atomic E-state index is 12.3. The Morgan fingerprint density at radius 1 is 1.12 bits per heavy atom. The number of carbonyl (C=O) groups excluding carboxylic acids is 1. The average Bonchev–Trinajstić information content (AvgIpc) is 3.48. The molecule has 2 aromatic rings. The van der Waals surface area contributed by atoms with Gasteiger partial charge in [0.25, 0.3) is 0 Å². The van der Waals surface area contributed by atoms with E-state index in [0.717, 1.165) is 80.8 Å². The van der Waals surface area contributed by atoms with E-state index >= 15 is 0 Å². The fourth-order valence-electron chi connectivity index (χ4n) is 5.91. The number of piperidine rings is 1. The van der Waals surface area contributed by atoms with Gasteiger partial charge < -0.3 is 19.5 Å². The van der Waals surface area contributed by atoms with Gasteiger partial charge >= 0.3 is 0 Å². The van der Waals surface area contributed by atoms with Gasteiger partial charge in [-0.15, -0.1) is 0 Å². The largest absolute Gasteiger partial charge is 0.378 e. The molecule has 34 heavy (non-hydrogen) atoms.